The second kappa shape index (κ2) is 9.75. The first-order valence-electron chi connectivity index (χ1n) is 10.9. The number of nitrogens with zero attached hydrogens (tertiary/aromatic N) is 3. The molecule has 0 aliphatic carbocycles. The minimum Gasteiger partial charge on any atom is -0.340 e. The first-order valence-corrected chi connectivity index (χ1v) is 10.9. The van der Waals surface area contributed by atoms with Crippen molar-refractivity contribution in [1.29, 1.82) is 0 Å². The monoisotopic (exact) mass is 420 g/mol. The number of aromatic amines is 1. The third-order valence-corrected chi connectivity index (χ3v) is 5.91. The third kappa shape index (κ3) is 5.11. The average Bonchev–Trinajstić information content (AvgIpc) is 3.03. The molecule has 1 fully saturated rings. The van der Waals surface area contributed by atoms with Crippen molar-refractivity contribution in [2.45, 2.75) is 25.8 Å². The quantitative estimate of drug-likeness (QED) is 0.660. The van der Waals surface area contributed by atoms with Crippen LogP contribution in [0, 0.1) is 0 Å². The highest BCUT2D eigenvalue weighted by Gasteiger charge is 2.20. The maximum atomic E-state index is 12.9. The van der Waals surface area contributed by atoms with Gasteiger partial charge in [0.2, 0.25) is 5.91 Å². The molecule has 2 aromatic carbocycles. The van der Waals surface area contributed by atoms with Crippen LogP contribution < -0.4 is 11.2 Å². The van der Waals surface area contributed by atoms with E-state index in [-0.39, 0.29) is 12.5 Å². The van der Waals surface area contributed by atoms with Crippen LogP contribution in [-0.2, 0) is 17.8 Å². The summed E-state index contributed by atoms with van der Waals surface area (Å²) in [5.41, 5.74) is 0.863. The van der Waals surface area contributed by atoms with Gasteiger partial charge in [-0.2, -0.15) is 0 Å². The Morgan fingerprint density at radius 3 is 2.52 bits per heavy atom. The van der Waals surface area contributed by atoms with Crippen molar-refractivity contribution in [1.82, 2.24) is 19.4 Å². The lowest BCUT2D eigenvalue weighted by molar-refractivity contribution is -0.131. The van der Waals surface area contributed by atoms with Gasteiger partial charge >= 0.3 is 5.69 Å². The Bertz CT molecular complexity index is 1150. The van der Waals surface area contributed by atoms with Gasteiger partial charge in [-0.05, 0) is 50.0 Å². The predicted octanol–water partition coefficient (Wildman–Crippen LogP) is 1.86. The third-order valence-electron chi connectivity index (χ3n) is 5.91. The number of fused-ring (bicyclic) bond motifs is 1. The number of nitrogens with one attached hydrogen (secondary N) is 1. The van der Waals surface area contributed by atoms with Crippen molar-refractivity contribution in [3.8, 4) is 0 Å². The highest BCUT2D eigenvalue weighted by atomic mass is 16.2. The van der Waals surface area contributed by atoms with Gasteiger partial charge in [0, 0.05) is 19.6 Å². The molecule has 0 unspecified atom stereocenters. The van der Waals surface area contributed by atoms with Crippen LogP contribution >= 0.6 is 0 Å². The molecular weight excluding hydrogens is 392 g/mol. The molecule has 7 nitrogen and oxygen atoms in total. The number of aromatic nitrogens is 2. The molecular formula is C24H28N4O3. The topological polar surface area (TPSA) is 78.4 Å². The van der Waals surface area contributed by atoms with Gasteiger partial charge in [0.1, 0.15) is 6.54 Å². The smallest absolute Gasteiger partial charge is 0.329 e. The Kier molecular flexibility index (Phi) is 6.62. The summed E-state index contributed by atoms with van der Waals surface area (Å²) >= 11 is 0. The van der Waals surface area contributed by atoms with E-state index in [0.717, 1.165) is 43.5 Å². The second-order valence-electron chi connectivity index (χ2n) is 8.03. The van der Waals surface area contributed by atoms with Gasteiger partial charge in [0.05, 0.1) is 10.9 Å². The largest absolute Gasteiger partial charge is 0.340 e. The number of hydrogen-bond acceptors (Lipinski definition) is 4. The summed E-state index contributed by atoms with van der Waals surface area (Å²) in [5, 5.41) is 0.412. The van der Waals surface area contributed by atoms with Crippen LogP contribution in [0.15, 0.2) is 64.2 Å². The molecule has 1 saturated heterocycles. The van der Waals surface area contributed by atoms with E-state index in [0.29, 0.717) is 24.0 Å². The second-order valence-corrected chi connectivity index (χ2v) is 8.03. The van der Waals surface area contributed by atoms with Crippen molar-refractivity contribution < 1.29 is 4.79 Å². The van der Waals surface area contributed by atoms with Crippen LogP contribution in [0.1, 0.15) is 18.4 Å². The van der Waals surface area contributed by atoms with Crippen LogP contribution in [0.25, 0.3) is 10.9 Å². The molecule has 2 heterocycles. The number of rotatable bonds is 6. The Morgan fingerprint density at radius 1 is 0.903 bits per heavy atom. The number of amides is 1. The molecule has 0 radical (unpaired) electrons. The predicted molar refractivity (Wildman–Crippen MR) is 121 cm³/mol. The van der Waals surface area contributed by atoms with Crippen molar-refractivity contribution in [2.75, 3.05) is 32.7 Å². The number of aryl methyl sites for hydroxylation is 1. The van der Waals surface area contributed by atoms with Crippen molar-refractivity contribution in [3.63, 3.8) is 0 Å². The van der Waals surface area contributed by atoms with Crippen molar-refractivity contribution in [2.24, 2.45) is 0 Å². The van der Waals surface area contributed by atoms with Gasteiger partial charge < -0.3 is 14.8 Å². The molecule has 4 rings (SSSR count). The number of para-hydroxylation sites is 1. The Hall–Kier alpha value is -3.19. The highest BCUT2D eigenvalue weighted by molar-refractivity contribution is 5.79. The van der Waals surface area contributed by atoms with Crippen LogP contribution in [0.3, 0.4) is 0 Å². The molecule has 1 amide bonds. The zero-order valence-corrected chi connectivity index (χ0v) is 17.6. The summed E-state index contributed by atoms with van der Waals surface area (Å²) in [7, 11) is 0. The van der Waals surface area contributed by atoms with E-state index in [2.05, 4.69) is 34.1 Å². The summed E-state index contributed by atoms with van der Waals surface area (Å²) in [6.45, 7) is 3.80. The van der Waals surface area contributed by atoms with Crippen molar-refractivity contribution in [3.05, 3.63) is 81.0 Å². The normalized spacial score (nSPS) is 15.2. The van der Waals surface area contributed by atoms with Gasteiger partial charge in [-0.1, -0.05) is 42.5 Å². The fraction of sp³-hybridized carbons (Fsp3) is 0.375. The van der Waals surface area contributed by atoms with Crippen LogP contribution in [0.4, 0.5) is 0 Å². The molecule has 31 heavy (non-hydrogen) atoms. The van der Waals surface area contributed by atoms with Gasteiger partial charge in [-0.15, -0.1) is 0 Å². The number of H-pyrrole nitrogens is 1. The van der Waals surface area contributed by atoms with Gasteiger partial charge in [-0.3, -0.25) is 14.2 Å². The molecule has 0 spiro atoms. The highest BCUT2D eigenvalue weighted by Crippen LogP contribution is 2.08. The van der Waals surface area contributed by atoms with Gasteiger partial charge in [0.25, 0.3) is 5.56 Å². The molecule has 1 aliphatic heterocycles. The van der Waals surface area contributed by atoms with Crippen molar-refractivity contribution >= 4 is 16.8 Å². The first-order chi connectivity index (χ1) is 15.1. The van der Waals surface area contributed by atoms with E-state index in [9.17, 15) is 14.4 Å². The van der Waals surface area contributed by atoms with E-state index >= 15 is 0 Å². The van der Waals surface area contributed by atoms with Gasteiger partial charge in [-0.25, -0.2) is 4.79 Å². The Morgan fingerprint density at radius 2 is 1.68 bits per heavy atom. The summed E-state index contributed by atoms with van der Waals surface area (Å²) in [5.74, 6) is -0.186. The zero-order valence-electron chi connectivity index (χ0n) is 17.6. The van der Waals surface area contributed by atoms with Crippen LogP contribution in [0.2, 0.25) is 0 Å². The Balaban J connectivity index is 1.34. The van der Waals surface area contributed by atoms with E-state index in [1.165, 1.54) is 5.56 Å². The fourth-order valence-corrected chi connectivity index (χ4v) is 4.17. The van der Waals surface area contributed by atoms with Gasteiger partial charge in [0.15, 0.2) is 0 Å². The molecule has 3 aromatic rings. The summed E-state index contributed by atoms with van der Waals surface area (Å²) < 4.78 is 1.01. The lowest BCUT2D eigenvalue weighted by atomic mass is 10.1. The molecule has 1 aliphatic rings. The number of carbonyl (C=O) groups excluding carboxylic acids is 1. The standard InChI is InChI=1S/C24H28N4O3/c29-22(18-28-23(30)20-11-4-5-12-21(20)25-24(28)31)27-15-7-14-26(16-17-27)13-6-10-19-8-2-1-3-9-19/h1-5,8-9,11-12H,6-7,10,13-18H2,(H,25,31). The summed E-state index contributed by atoms with van der Waals surface area (Å²) in [6.07, 6.45) is 3.02. The molecule has 162 valence electrons. The minimum atomic E-state index is -0.547. The zero-order chi connectivity index (χ0) is 21.6. The maximum absolute atomic E-state index is 12.9. The molecule has 7 heteroatoms. The lowest BCUT2D eigenvalue weighted by Gasteiger charge is -2.22. The molecule has 1 N–H and O–H groups in total. The van der Waals surface area contributed by atoms with E-state index in [1.807, 2.05) is 6.07 Å². The minimum absolute atomic E-state index is 0.186. The molecule has 0 saturated carbocycles. The molecule has 0 bridgehead atoms. The van der Waals surface area contributed by atoms with E-state index < -0.39 is 11.2 Å². The summed E-state index contributed by atoms with van der Waals surface area (Å²) in [4.78, 5) is 44.8. The first kappa shape index (κ1) is 21.1. The van der Waals surface area contributed by atoms with E-state index in [4.69, 9.17) is 0 Å². The Labute approximate surface area is 180 Å². The SMILES string of the molecule is O=C(Cn1c(=O)[nH]c2ccccc2c1=O)N1CCCN(CCCc2ccccc2)CC1. The van der Waals surface area contributed by atoms with Crippen LogP contribution in [-0.4, -0.2) is 58.0 Å². The van der Waals surface area contributed by atoms with E-state index in [1.54, 1.807) is 29.2 Å². The number of hydrogen-bond donors (Lipinski definition) is 1. The maximum Gasteiger partial charge on any atom is 0.329 e. The number of carbonyl (C=O) groups is 1. The van der Waals surface area contributed by atoms with Crippen LogP contribution in [0.5, 0.6) is 0 Å². The molecule has 1 aromatic heterocycles. The summed E-state index contributed by atoms with van der Waals surface area (Å²) in [6, 6.07) is 17.3. The number of benzene rings is 2. The molecule has 0 atom stereocenters. The lowest BCUT2D eigenvalue weighted by Crippen LogP contribution is -2.43. The average molecular weight is 421 g/mol. The fourth-order valence-electron chi connectivity index (χ4n) is 4.17.